The minimum absolute atomic E-state index is 0.0981. The third kappa shape index (κ3) is 5.83. The Morgan fingerprint density at radius 3 is 2.25 bits per heavy atom. The lowest BCUT2D eigenvalue weighted by molar-refractivity contribution is -0.138. The molecule has 2 amide bonds. The van der Waals surface area contributed by atoms with Crippen molar-refractivity contribution in [3.63, 3.8) is 0 Å². The lowest BCUT2D eigenvalue weighted by Crippen LogP contribution is -2.46. The van der Waals surface area contributed by atoms with Crippen molar-refractivity contribution in [1.82, 2.24) is 9.80 Å². The summed E-state index contributed by atoms with van der Waals surface area (Å²) in [6.07, 6.45) is 1.26. The number of amides is 2. The highest BCUT2D eigenvalue weighted by Crippen LogP contribution is 2.27. The topological polar surface area (TPSA) is 68.3 Å². The van der Waals surface area contributed by atoms with E-state index in [1.807, 2.05) is 0 Å². The molecule has 28 heavy (non-hydrogen) atoms. The first-order valence-electron chi connectivity index (χ1n) is 9.41. The second-order valence-corrected chi connectivity index (χ2v) is 7.16. The number of piperidine rings is 1. The normalized spacial score (nSPS) is 14.8. The van der Waals surface area contributed by atoms with E-state index in [4.69, 9.17) is 25.8 Å². The molecule has 7 nitrogen and oxygen atoms in total. The van der Waals surface area contributed by atoms with Crippen molar-refractivity contribution < 1.29 is 23.8 Å². The van der Waals surface area contributed by atoms with Gasteiger partial charge >= 0.3 is 0 Å². The summed E-state index contributed by atoms with van der Waals surface area (Å²) >= 11 is 6.04. The molecule has 1 aromatic carbocycles. The van der Waals surface area contributed by atoms with Crippen LogP contribution in [0.3, 0.4) is 0 Å². The Morgan fingerprint density at radius 2 is 1.71 bits per heavy atom. The van der Waals surface area contributed by atoms with E-state index in [9.17, 15) is 9.59 Å². The molecule has 0 aliphatic carbocycles. The summed E-state index contributed by atoms with van der Waals surface area (Å²) in [6.45, 7) is 3.10. The number of carbonyl (C=O) groups excluding carboxylic acids is 2. The van der Waals surface area contributed by atoms with Gasteiger partial charge < -0.3 is 24.0 Å². The van der Waals surface area contributed by atoms with E-state index in [-0.39, 0.29) is 17.7 Å². The van der Waals surface area contributed by atoms with Gasteiger partial charge in [-0.25, -0.2) is 0 Å². The third-order valence-corrected chi connectivity index (χ3v) is 5.20. The number of rotatable bonds is 9. The van der Waals surface area contributed by atoms with Crippen molar-refractivity contribution in [3.8, 4) is 5.75 Å². The van der Waals surface area contributed by atoms with Gasteiger partial charge in [0.2, 0.25) is 5.91 Å². The predicted molar refractivity (Wildman–Crippen MR) is 107 cm³/mol. The van der Waals surface area contributed by atoms with Crippen molar-refractivity contribution in [3.05, 3.63) is 28.8 Å². The van der Waals surface area contributed by atoms with Gasteiger partial charge in [0.15, 0.2) is 0 Å². The first-order chi connectivity index (χ1) is 13.5. The lowest BCUT2D eigenvalue weighted by Gasteiger charge is -2.34. The fourth-order valence-electron chi connectivity index (χ4n) is 3.34. The molecule has 0 unspecified atom stereocenters. The molecule has 0 radical (unpaired) electrons. The fourth-order valence-corrected chi connectivity index (χ4v) is 3.51. The highest BCUT2D eigenvalue weighted by Gasteiger charge is 2.31. The van der Waals surface area contributed by atoms with Crippen LogP contribution in [0.25, 0.3) is 0 Å². The van der Waals surface area contributed by atoms with Crippen LogP contribution in [-0.4, -0.2) is 82.3 Å². The summed E-state index contributed by atoms with van der Waals surface area (Å²) in [5, 5.41) is 0.487. The number of benzene rings is 1. The van der Waals surface area contributed by atoms with Crippen LogP contribution in [0.4, 0.5) is 0 Å². The largest absolute Gasteiger partial charge is 0.496 e. The van der Waals surface area contributed by atoms with Gasteiger partial charge in [-0.2, -0.15) is 0 Å². The predicted octanol–water partition coefficient (Wildman–Crippen LogP) is 2.32. The molecular weight excluding hydrogens is 384 g/mol. The molecule has 1 aliphatic heterocycles. The van der Waals surface area contributed by atoms with Gasteiger partial charge in [-0.15, -0.1) is 0 Å². The molecular formula is C20H29ClN2O5. The molecule has 0 atom stereocenters. The van der Waals surface area contributed by atoms with Crippen LogP contribution in [0.1, 0.15) is 23.2 Å². The molecule has 1 heterocycles. The Morgan fingerprint density at radius 1 is 1.11 bits per heavy atom. The van der Waals surface area contributed by atoms with E-state index in [0.717, 1.165) is 0 Å². The van der Waals surface area contributed by atoms with E-state index >= 15 is 0 Å². The Balaban J connectivity index is 1.98. The third-order valence-electron chi connectivity index (χ3n) is 4.97. The Hall–Kier alpha value is -1.83. The van der Waals surface area contributed by atoms with Crippen LogP contribution in [0.5, 0.6) is 5.75 Å². The quantitative estimate of drug-likeness (QED) is 0.622. The minimum atomic E-state index is -0.124. The number of halogens is 1. The molecule has 0 spiro atoms. The molecule has 1 fully saturated rings. The molecule has 8 heteroatoms. The van der Waals surface area contributed by atoms with Gasteiger partial charge in [0, 0.05) is 51.3 Å². The van der Waals surface area contributed by atoms with Gasteiger partial charge in [-0.1, -0.05) is 11.6 Å². The highest BCUT2D eigenvalue weighted by atomic mass is 35.5. The molecule has 1 aliphatic rings. The Kier molecular flexibility index (Phi) is 9.02. The average Bonchev–Trinajstić information content (AvgIpc) is 2.73. The number of nitrogens with zero attached hydrogens (tertiary/aromatic N) is 2. The van der Waals surface area contributed by atoms with Crippen molar-refractivity contribution in [1.29, 1.82) is 0 Å². The molecule has 0 saturated carbocycles. The van der Waals surface area contributed by atoms with E-state index in [1.165, 1.54) is 7.11 Å². The number of ether oxygens (including phenoxy) is 3. The molecule has 156 valence electrons. The molecule has 0 aromatic heterocycles. The van der Waals surface area contributed by atoms with Gasteiger partial charge in [-0.3, -0.25) is 9.59 Å². The Bertz CT molecular complexity index is 654. The van der Waals surface area contributed by atoms with E-state index in [0.29, 0.717) is 68.6 Å². The number of hydrogen-bond acceptors (Lipinski definition) is 5. The molecule has 0 bridgehead atoms. The van der Waals surface area contributed by atoms with Crippen LogP contribution in [0.2, 0.25) is 5.02 Å². The maximum atomic E-state index is 12.9. The van der Waals surface area contributed by atoms with Crippen molar-refractivity contribution in [2.45, 2.75) is 12.8 Å². The van der Waals surface area contributed by atoms with Gasteiger partial charge in [-0.05, 0) is 31.0 Å². The maximum absolute atomic E-state index is 12.9. The zero-order valence-corrected chi connectivity index (χ0v) is 17.5. The zero-order chi connectivity index (χ0) is 20.5. The second kappa shape index (κ2) is 11.2. The van der Waals surface area contributed by atoms with Crippen LogP contribution < -0.4 is 4.74 Å². The SMILES string of the molecule is COCCN(CCOC)C(=O)C1CCN(C(=O)c2cc(Cl)ccc2OC)CC1. The second-order valence-electron chi connectivity index (χ2n) is 6.72. The summed E-state index contributed by atoms with van der Waals surface area (Å²) in [5.74, 6) is 0.374. The van der Waals surface area contributed by atoms with Crippen molar-refractivity contribution in [2.75, 3.05) is 60.7 Å². The van der Waals surface area contributed by atoms with Crippen LogP contribution >= 0.6 is 11.6 Å². The van der Waals surface area contributed by atoms with Crippen LogP contribution in [0, 0.1) is 5.92 Å². The Labute approximate surface area is 171 Å². The van der Waals surface area contributed by atoms with Gasteiger partial charge in [0.05, 0.1) is 25.9 Å². The zero-order valence-electron chi connectivity index (χ0n) is 16.8. The van der Waals surface area contributed by atoms with E-state index in [2.05, 4.69) is 0 Å². The van der Waals surface area contributed by atoms with Crippen LogP contribution in [0.15, 0.2) is 18.2 Å². The van der Waals surface area contributed by atoms with Gasteiger partial charge in [0.25, 0.3) is 5.91 Å². The standard InChI is InChI=1S/C20H29ClN2O5/c1-26-12-10-23(11-13-27-2)19(24)15-6-8-22(9-7-15)20(25)17-14-16(21)4-5-18(17)28-3/h4-5,14-15H,6-13H2,1-3H3. The fraction of sp³-hybridized carbons (Fsp3) is 0.600. The average molecular weight is 413 g/mol. The first-order valence-corrected chi connectivity index (χ1v) is 9.79. The number of likely N-dealkylation sites (tertiary alicyclic amines) is 1. The minimum Gasteiger partial charge on any atom is -0.496 e. The monoisotopic (exact) mass is 412 g/mol. The number of hydrogen-bond donors (Lipinski definition) is 0. The lowest BCUT2D eigenvalue weighted by atomic mass is 9.94. The van der Waals surface area contributed by atoms with Crippen molar-refractivity contribution >= 4 is 23.4 Å². The molecule has 0 N–H and O–H groups in total. The van der Waals surface area contributed by atoms with Gasteiger partial charge in [0.1, 0.15) is 5.75 Å². The molecule has 1 saturated heterocycles. The summed E-state index contributed by atoms with van der Waals surface area (Å²) in [6, 6.07) is 5.00. The summed E-state index contributed by atoms with van der Waals surface area (Å²) in [4.78, 5) is 29.3. The summed E-state index contributed by atoms with van der Waals surface area (Å²) < 4.78 is 15.5. The molecule has 2 rings (SSSR count). The summed E-state index contributed by atoms with van der Waals surface area (Å²) in [7, 11) is 4.76. The highest BCUT2D eigenvalue weighted by molar-refractivity contribution is 6.31. The number of carbonyl (C=O) groups is 2. The smallest absolute Gasteiger partial charge is 0.257 e. The summed E-state index contributed by atoms with van der Waals surface area (Å²) in [5.41, 5.74) is 0.446. The molecule has 1 aromatic rings. The first kappa shape index (κ1) is 22.5. The van der Waals surface area contributed by atoms with Crippen LogP contribution in [-0.2, 0) is 14.3 Å². The van der Waals surface area contributed by atoms with Crippen molar-refractivity contribution in [2.24, 2.45) is 5.92 Å². The number of methoxy groups -OCH3 is 3. The van der Waals surface area contributed by atoms with E-state index in [1.54, 1.807) is 42.2 Å². The maximum Gasteiger partial charge on any atom is 0.257 e. The van der Waals surface area contributed by atoms with E-state index < -0.39 is 0 Å².